The molecule has 1 fully saturated rings. The molecule has 0 spiro atoms. The van der Waals surface area contributed by atoms with Gasteiger partial charge in [-0.15, -0.1) is 10.2 Å². The molecule has 3 rings (SSSR count). The zero-order valence-corrected chi connectivity index (χ0v) is 13.0. The minimum Gasteiger partial charge on any atom is -0.355 e. The highest BCUT2D eigenvalue weighted by molar-refractivity contribution is 7.15. The molecule has 1 aliphatic rings. The molecule has 0 radical (unpaired) electrons. The van der Waals surface area contributed by atoms with Gasteiger partial charge in [0, 0.05) is 19.4 Å². The van der Waals surface area contributed by atoms with Crippen LogP contribution in [-0.4, -0.2) is 28.6 Å². The third-order valence-corrected chi connectivity index (χ3v) is 4.44. The van der Waals surface area contributed by atoms with Crippen molar-refractivity contribution in [1.29, 1.82) is 0 Å². The fourth-order valence-electron chi connectivity index (χ4n) is 2.32. The molecule has 1 unspecified atom stereocenters. The molecule has 2 amide bonds. The summed E-state index contributed by atoms with van der Waals surface area (Å²) in [5.41, 5.74) is 0.926. The van der Waals surface area contributed by atoms with E-state index in [4.69, 9.17) is 0 Å². The van der Waals surface area contributed by atoms with E-state index >= 15 is 0 Å². The molecule has 0 saturated carbocycles. The van der Waals surface area contributed by atoms with Gasteiger partial charge < -0.3 is 10.6 Å². The Morgan fingerprint density at radius 3 is 2.83 bits per heavy atom. The monoisotopic (exact) mass is 334 g/mol. The lowest BCUT2D eigenvalue weighted by Gasteiger charge is -2.20. The number of halogens is 1. The van der Waals surface area contributed by atoms with E-state index in [2.05, 4.69) is 20.8 Å². The Morgan fingerprint density at radius 2 is 2.13 bits per heavy atom. The predicted molar refractivity (Wildman–Crippen MR) is 83.5 cm³/mol. The van der Waals surface area contributed by atoms with E-state index in [0.717, 1.165) is 10.6 Å². The molecule has 8 heteroatoms. The summed E-state index contributed by atoms with van der Waals surface area (Å²) in [5, 5.41) is 14.6. The molecule has 2 N–H and O–H groups in total. The standard InChI is InChI=1S/C15H15FN4O2S/c16-11-4-1-9(2-5-11)7-13-19-20-15(23-13)18-14(22)10-3-6-12(21)17-8-10/h1-2,4-5,10H,3,6-8H2,(H,17,21)(H,18,20,22). The number of hydrogen-bond donors (Lipinski definition) is 2. The third-order valence-electron chi connectivity index (χ3n) is 3.60. The summed E-state index contributed by atoms with van der Waals surface area (Å²) >= 11 is 1.29. The average molecular weight is 334 g/mol. The molecule has 1 atom stereocenters. The lowest BCUT2D eigenvalue weighted by molar-refractivity contribution is -0.126. The van der Waals surface area contributed by atoms with E-state index in [9.17, 15) is 14.0 Å². The Labute approximate surface area is 136 Å². The van der Waals surface area contributed by atoms with Crippen molar-refractivity contribution in [1.82, 2.24) is 15.5 Å². The van der Waals surface area contributed by atoms with E-state index in [1.807, 2.05) is 0 Å². The number of carbonyl (C=O) groups is 2. The molecule has 23 heavy (non-hydrogen) atoms. The van der Waals surface area contributed by atoms with E-state index < -0.39 is 0 Å². The molecule has 1 aliphatic heterocycles. The molecular weight excluding hydrogens is 319 g/mol. The van der Waals surface area contributed by atoms with Gasteiger partial charge in [0.15, 0.2) is 0 Å². The summed E-state index contributed by atoms with van der Waals surface area (Å²) in [6, 6.07) is 6.19. The van der Waals surface area contributed by atoms with E-state index in [0.29, 0.717) is 30.9 Å². The fourth-order valence-corrected chi connectivity index (χ4v) is 3.09. The normalized spacial score (nSPS) is 17.6. The molecule has 2 aromatic rings. The van der Waals surface area contributed by atoms with Gasteiger partial charge in [-0.05, 0) is 24.1 Å². The molecule has 6 nitrogen and oxygen atoms in total. The summed E-state index contributed by atoms with van der Waals surface area (Å²) in [6.45, 7) is 0.353. The number of amides is 2. The zero-order valence-electron chi connectivity index (χ0n) is 12.2. The number of hydrogen-bond acceptors (Lipinski definition) is 5. The topological polar surface area (TPSA) is 84.0 Å². The summed E-state index contributed by atoms with van der Waals surface area (Å²) in [4.78, 5) is 23.2. The van der Waals surface area contributed by atoms with Gasteiger partial charge in [0.1, 0.15) is 10.8 Å². The Bertz CT molecular complexity index is 707. The summed E-state index contributed by atoms with van der Waals surface area (Å²) < 4.78 is 12.9. The van der Waals surface area contributed by atoms with Crippen molar-refractivity contribution in [2.24, 2.45) is 5.92 Å². The first kappa shape index (κ1) is 15.5. The molecule has 1 aromatic heterocycles. The SMILES string of the molecule is O=C1CCC(C(=O)Nc2nnc(Cc3ccc(F)cc3)s2)CN1. The Hall–Kier alpha value is -2.35. The van der Waals surface area contributed by atoms with Crippen LogP contribution >= 0.6 is 11.3 Å². The van der Waals surface area contributed by atoms with Crippen molar-refractivity contribution in [2.75, 3.05) is 11.9 Å². The number of nitrogens with zero attached hydrogens (tertiary/aromatic N) is 2. The molecule has 0 bridgehead atoms. The Balaban J connectivity index is 1.57. The van der Waals surface area contributed by atoms with E-state index in [1.165, 1.54) is 23.5 Å². The van der Waals surface area contributed by atoms with Crippen LogP contribution in [0.4, 0.5) is 9.52 Å². The van der Waals surface area contributed by atoms with Crippen LogP contribution in [0.15, 0.2) is 24.3 Å². The van der Waals surface area contributed by atoms with Gasteiger partial charge in [0.05, 0.1) is 5.92 Å². The second-order valence-electron chi connectivity index (χ2n) is 5.33. The van der Waals surface area contributed by atoms with Gasteiger partial charge in [-0.2, -0.15) is 0 Å². The fraction of sp³-hybridized carbons (Fsp3) is 0.333. The van der Waals surface area contributed by atoms with Gasteiger partial charge in [0.25, 0.3) is 0 Å². The lowest BCUT2D eigenvalue weighted by Crippen LogP contribution is -2.40. The highest BCUT2D eigenvalue weighted by atomic mass is 32.1. The maximum absolute atomic E-state index is 12.9. The van der Waals surface area contributed by atoms with Crippen LogP contribution in [0.5, 0.6) is 0 Å². The van der Waals surface area contributed by atoms with Crippen LogP contribution in [0, 0.1) is 11.7 Å². The first-order chi connectivity index (χ1) is 11.1. The summed E-state index contributed by atoms with van der Waals surface area (Å²) in [5.74, 6) is -0.697. The van der Waals surface area contributed by atoms with Crippen LogP contribution in [0.3, 0.4) is 0 Å². The number of carbonyl (C=O) groups excluding carboxylic acids is 2. The Kier molecular flexibility index (Phi) is 4.61. The molecule has 0 aliphatic carbocycles. The molecule has 1 aromatic carbocycles. The summed E-state index contributed by atoms with van der Waals surface area (Å²) in [6.07, 6.45) is 1.44. The number of aromatic nitrogens is 2. The van der Waals surface area contributed by atoms with Gasteiger partial charge in [-0.1, -0.05) is 23.5 Å². The minimum atomic E-state index is -0.279. The summed E-state index contributed by atoms with van der Waals surface area (Å²) in [7, 11) is 0. The molecule has 120 valence electrons. The van der Waals surface area contributed by atoms with Crippen molar-refractivity contribution in [3.8, 4) is 0 Å². The van der Waals surface area contributed by atoms with Crippen molar-refractivity contribution in [3.05, 3.63) is 40.7 Å². The maximum Gasteiger partial charge on any atom is 0.231 e. The number of anilines is 1. The van der Waals surface area contributed by atoms with Gasteiger partial charge in [-0.25, -0.2) is 4.39 Å². The first-order valence-electron chi connectivity index (χ1n) is 7.24. The molecule has 1 saturated heterocycles. The third kappa shape index (κ3) is 4.10. The van der Waals surface area contributed by atoms with Crippen LogP contribution in [0.25, 0.3) is 0 Å². The van der Waals surface area contributed by atoms with Crippen LogP contribution in [-0.2, 0) is 16.0 Å². The molecular formula is C15H15FN4O2S. The largest absolute Gasteiger partial charge is 0.355 e. The van der Waals surface area contributed by atoms with Crippen molar-refractivity contribution >= 4 is 28.3 Å². The van der Waals surface area contributed by atoms with Crippen LogP contribution in [0.1, 0.15) is 23.4 Å². The highest BCUT2D eigenvalue weighted by Gasteiger charge is 2.25. The average Bonchev–Trinajstić information content (AvgIpc) is 2.97. The van der Waals surface area contributed by atoms with Gasteiger partial charge in [0.2, 0.25) is 16.9 Å². The van der Waals surface area contributed by atoms with Gasteiger partial charge >= 0.3 is 0 Å². The number of benzene rings is 1. The van der Waals surface area contributed by atoms with E-state index in [-0.39, 0.29) is 23.5 Å². The van der Waals surface area contributed by atoms with E-state index in [1.54, 1.807) is 12.1 Å². The van der Waals surface area contributed by atoms with Crippen molar-refractivity contribution < 1.29 is 14.0 Å². The second-order valence-corrected chi connectivity index (χ2v) is 6.40. The maximum atomic E-state index is 12.9. The minimum absolute atomic E-state index is 0.0217. The smallest absolute Gasteiger partial charge is 0.231 e. The van der Waals surface area contributed by atoms with Crippen LogP contribution < -0.4 is 10.6 Å². The zero-order chi connectivity index (χ0) is 16.2. The van der Waals surface area contributed by atoms with Crippen molar-refractivity contribution in [3.63, 3.8) is 0 Å². The van der Waals surface area contributed by atoms with Gasteiger partial charge in [-0.3, -0.25) is 9.59 Å². The molecule has 2 heterocycles. The number of piperidine rings is 1. The second kappa shape index (κ2) is 6.82. The number of rotatable bonds is 4. The number of nitrogens with one attached hydrogen (secondary N) is 2. The quantitative estimate of drug-likeness (QED) is 0.892. The van der Waals surface area contributed by atoms with Crippen molar-refractivity contribution in [2.45, 2.75) is 19.3 Å². The van der Waals surface area contributed by atoms with Crippen LogP contribution in [0.2, 0.25) is 0 Å². The predicted octanol–water partition coefficient (Wildman–Crippen LogP) is 1.73. The highest BCUT2D eigenvalue weighted by Crippen LogP contribution is 2.20. The first-order valence-corrected chi connectivity index (χ1v) is 8.06. The Morgan fingerprint density at radius 1 is 1.35 bits per heavy atom. The lowest BCUT2D eigenvalue weighted by atomic mass is 9.98.